The predicted octanol–water partition coefficient (Wildman–Crippen LogP) is 3.87. The van der Waals surface area contributed by atoms with Crippen molar-refractivity contribution < 1.29 is 14.6 Å². The van der Waals surface area contributed by atoms with Gasteiger partial charge in [-0.25, -0.2) is 0 Å². The molecule has 0 bridgehead atoms. The van der Waals surface area contributed by atoms with Crippen LogP contribution in [0.4, 0.5) is 0 Å². The van der Waals surface area contributed by atoms with E-state index in [9.17, 15) is 5.11 Å². The predicted molar refractivity (Wildman–Crippen MR) is 105 cm³/mol. The molecule has 0 fully saturated rings. The van der Waals surface area contributed by atoms with E-state index in [4.69, 9.17) is 9.47 Å². The fourth-order valence-corrected chi connectivity index (χ4v) is 2.87. The number of aliphatic hydroxyl groups is 1. The van der Waals surface area contributed by atoms with E-state index in [1.807, 2.05) is 48.5 Å². The Labute approximate surface area is 157 Å². The van der Waals surface area contributed by atoms with Gasteiger partial charge in [0.1, 0.15) is 5.75 Å². The first-order valence-corrected chi connectivity index (χ1v) is 9.29. The summed E-state index contributed by atoms with van der Waals surface area (Å²) < 4.78 is 11.0. The van der Waals surface area contributed by atoms with Gasteiger partial charge in [-0.05, 0) is 36.6 Å². The van der Waals surface area contributed by atoms with E-state index in [1.165, 1.54) is 5.56 Å². The van der Waals surface area contributed by atoms with E-state index in [0.29, 0.717) is 25.8 Å². The van der Waals surface area contributed by atoms with Gasteiger partial charge in [-0.2, -0.15) is 0 Å². The maximum Gasteiger partial charge on any atom is 0.119 e. The summed E-state index contributed by atoms with van der Waals surface area (Å²) >= 11 is 0. The summed E-state index contributed by atoms with van der Waals surface area (Å²) in [4.78, 5) is 2.30. The molecule has 142 valence electrons. The Bertz CT molecular complexity index is 632. The molecule has 0 aliphatic carbocycles. The molecule has 2 atom stereocenters. The Morgan fingerprint density at radius 1 is 1.04 bits per heavy atom. The normalized spacial score (nSPS) is 13.6. The van der Waals surface area contributed by atoms with Crippen LogP contribution >= 0.6 is 0 Å². The number of rotatable bonds is 11. The molecule has 0 unspecified atom stereocenters. The molecule has 2 rings (SSSR count). The molecule has 1 N–H and O–H groups in total. The van der Waals surface area contributed by atoms with Crippen LogP contribution in [-0.2, 0) is 17.9 Å². The zero-order chi connectivity index (χ0) is 18.8. The van der Waals surface area contributed by atoms with Gasteiger partial charge in [-0.1, -0.05) is 49.4 Å². The molecule has 0 amide bonds. The Hall–Kier alpha value is -1.88. The number of aliphatic hydroxyl groups excluding tert-OH is 1. The number of ether oxygens (including phenoxy) is 2. The summed E-state index contributed by atoms with van der Waals surface area (Å²) in [6, 6.07) is 18.5. The summed E-state index contributed by atoms with van der Waals surface area (Å²) in [5, 5.41) is 10.4. The van der Waals surface area contributed by atoms with Crippen LogP contribution in [-0.4, -0.2) is 42.4 Å². The molecule has 26 heavy (non-hydrogen) atoms. The van der Waals surface area contributed by atoms with Crippen molar-refractivity contribution in [2.75, 3.05) is 20.3 Å². The summed E-state index contributed by atoms with van der Waals surface area (Å²) in [6.07, 6.45) is 0.514. The molecule has 0 aliphatic heterocycles. The van der Waals surface area contributed by atoms with Crippen LogP contribution in [0.25, 0.3) is 0 Å². The van der Waals surface area contributed by atoms with E-state index in [0.717, 1.165) is 24.3 Å². The summed E-state index contributed by atoms with van der Waals surface area (Å²) in [6.45, 7) is 6.58. The molecule has 0 saturated heterocycles. The molecule has 0 aliphatic rings. The maximum atomic E-state index is 10.4. The molecule has 0 spiro atoms. The average molecular weight is 357 g/mol. The lowest BCUT2D eigenvalue weighted by molar-refractivity contribution is 0.00144. The first-order valence-electron chi connectivity index (χ1n) is 9.29. The molecule has 0 aromatic heterocycles. The average Bonchev–Trinajstić information content (AvgIpc) is 2.68. The van der Waals surface area contributed by atoms with Crippen molar-refractivity contribution in [2.45, 2.75) is 45.6 Å². The van der Waals surface area contributed by atoms with Crippen LogP contribution in [0.2, 0.25) is 0 Å². The fourth-order valence-electron chi connectivity index (χ4n) is 2.87. The van der Waals surface area contributed by atoms with Gasteiger partial charge in [0.15, 0.2) is 0 Å². The van der Waals surface area contributed by atoms with E-state index in [-0.39, 0.29) is 0 Å². The highest BCUT2D eigenvalue weighted by molar-refractivity contribution is 5.28. The Kier molecular flexibility index (Phi) is 8.62. The molecule has 2 aromatic carbocycles. The highest BCUT2D eigenvalue weighted by atomic mass is 16.5. The third kappa shape index (κ3) is 6.79. The van der Waals surface area contributed by atoms with Gasteiger partial charge >= 0.3 is 0 Å². The molecular formula is C22H31NO3. The third-order valence-electron chi connectivity index (χ3n) is 4.60. The minimum absolute atomic E-state index is 0.333. The van der Waals surface area contributed by atoms with Crippen molar-refractivity contribution >= 4 is 0 Å². The van der Waals surface area contributed by atoms with Gasteiger partial charge in [-0.15, -0.1) is 0 Å². The smallest absolute Gasteiger partial charge is 0.119 e. The van der Waals surface area contributed by atoms with E-state index in [1.54, 1.807) is 7.11 Å². The van der Waals surface area contributed by atoms with Gasteiger partial charge in [0.25, 0.3) is 0 Å². The first-order chi connectivity index (χ1) is 12.6. The van der Waals surface area contributed by atoms with E-state index >= 15 is 0 Å². The highest BCUT2D eigenvalue weighted by Gasteiger charge is 2.17. The van der Waals surface area contributed by atoms with Crippen LogP contribution in [0.15, 0.2) is 54.6 Å². The van der Waals surface area contributed by atoms with Gasteiger partial charge < -0.3 is 14.6 Å². The fraction of sp³-hybridized carbons (Fsp3) is 0.455. The molecular weight excluding hydrogens is 326 g/mol. The van der Waals surface area contributed by atoms with Gasteiger partial charge in [0.05, 0.1) is 26.4 Å². The SMILES string of the molecule is CC[C@@H](C)N(Cc1cccc(OC)c1)C[C@H](O)COCc1ccccc1. The van der Waals surface area contributed by atoms with Gasteiger partial charge in [-0.3, -0.25) is 4.90 Å². The standard InChI is InChI=1S/C22H31NO3/c1-4-18(2)23(14-20-11-8-12-22(13-20)25-3)15-21(24)17-26-16-19-9-6-5-7-10-19/h5-13,18,21,24H,4,14-17H2,1-3H3/t18-,21+/m1/s1. The van der Waals surface area contributed by atoms with Crippen molar-refractivity contribution in [3.05, 3.63) is 65.7 Å². The van der Waals surface area contributed by atoms with Crippen molar-refractivity contribution in [3.8, 4) is 5.75 Å². The number of methoxy groups -OCH3 is 1. The minimum atomic E-state index is -0.515. The largest absolute Gasteiger partial charge is 0.497 e. The van der Waals surface area contributed by atoms with Crippen molar-refractivity contribution in [3.63, 3.8) is 0 Å². The highest BCUT2D eigenvalue weighted by Crippen LogP contribution is 2.17. The second kappa shape index (κ2) is 11.0. The minimum Gasteiger partial charge on any atom is -0.497 e. The maximum absolute atomic E-state index is 10.4. The van der Waals surface area contributed by atoms with Crippen LogP contribution < -0.4 is 4.74 Å². The van der Waals surface area contributed by atoms with Crippen molar-refractivity contribution in [1.29, 1.82) is 0 Å². The zero-order valence-corrected chi connectivity index (χ0v) is 16.1. The van der Waals surface area contributed by atoms with E-state index < -0.39 is 6.10 Å². The number of benzene rings is 2. The van der Waals surface area contributed by atoms with E-state index in [2.05, 4.69) is 24.8 Å². The Morgan fingerprint density at radius 3 is 2.46 bits per heavy atom. The second-order valence-electron chi connectivity index (χ2n) is 6.69. The third-order valence-corrected chi connectivity index (χ3v) is 4.60. The molecule has 2 aromatic rings. The van der Waals surface area contributed by atoms with Gasteiger partial charge in [0, 0.05) is 19.1 Å². The molecule has 4 heteroatoms. The lowest BCUT2D eigenvalue weighted by Crippen LogP contribution is -2.39. The second-order valence-corrected chi connectivity index (χ2v) is 6.69. The van der Waals surface area contributed by atoms with Crippen LogP contribution in [0.3, 0.4) is 0 Å². The summed E-state index contributed by atoms with van der Waals surface area (Å²) in [7, 11) is 1.68. The molecule has 0 heterocycles. The van der Waals surface area contributed by atoms with Crippen LogP contribution in [0.5, 0.6) is 5.75 Å². The summed E-state index contributed by atoms with van der Waals surface area (Å²) in [5.74, 6) is 0.860. The Balaban J connectivity index is 1.87. The van der Waals surface area contributed by atoms with Crippen molar-refractivity contribution in [1.82, 2.24) is 4.90 Å². The lowest BCUT2D eigenvalue weighted by atomic mass is 10.1. The van der Waals surface area contributed by atoms with Crippen LogP contribution in [0.1, 0.15) is 31.4 Å². The topological polar surface area (TPSA) is 41.9 Å². The lowest BCUT2D eigenvalue weighted by Gasteiger charge is -2.30. The van der Waals surface area contributed by atoms with Crippen LogP contribution in [0, 0.1) is 0 Å². The molecule has 4 nitrogen and oxygen atoms in total. The summed E-state index contributed by atoms with van der Waals surface area (Å²) in [5.41, 5.74) is 2.30. The Morgan fingerprint density at radius 2 is 1.77 bits per heavy atom. The number of hydrogen-bond acceptors (Lipinski definition) is 4. The monoisotopic (exact) mass is 357 g/mol. The van der Waals surface area contributed by atoms with Crippen molar-refractivity contribution in [2.24, 2.45) is 0 Å². The quantitative estimate of drug-likeness (QED) is 0.663. The molecule has 0 saturated carbocycles. The zero-order valence-electron chi connectivity index (χ0n) is 16.1. The number of nitrogens with zero attached hydrogens (tertiary/aromatic N) is 1. The van der Waals surface area contributed by atoms with Gasteiger partial charge in [0.2, 0.25) is 0 Å². The molecule has 0 radical (unpaired) electrons. The number of hydrogen-bond donors (Lipinski definition) is 1. The first kappa shape index (κ1) is 20.4.